The Bertz CT molecular complexity index is 439. The van der Waals surface area contributed by atoms with Crippen molar-refractivity contribution in [3.63, 3.8) is 0 Å². The zero-order chi connectivity index (χ0) is 12.0. The van der Waals surface area contributed by atoms with E-state index in [0.717, 1.165) is 0 Å². The molecule has 1 aromatic heterocycles. The van der Waals surface area contributed by atoms with E-state index < -0.39 is 10.0 Å². The summed E-state index contributed by atoms with van der Waals surface area (Å²) >= 11 is 8.70. The highest BCUT2D eigenvalue weighted by atomic mass is 79.9. The van der Waals surface area contributed by atoms with Gasteiger partial charge in [-0.15, -0.1) is 11.6 Å². The van der Waals surface area contributed by atoms with Gasteiger partial charge in [-0.1, -0.05) is 0 Å². The van der Waals surface area contributed by atoms with E-state index in [4.69, 9.17) is 11.6 Å². The Morgan fingerprint density at radius 3 is 2.81 bits per heavy atom. The first-order valence-corrected chi connectivity index (χ1v) is 7.70. The normalized spacial score (nSPS) is 11.4. The molecular formula is C9H12BrClN2O2S. The van der Waals surface area contributed by atoms with Gasteiger partial charge in [0.1, 0.15) is 0 Å². The van der Waals surface area contributed by atoms with E-state index in [1.54, 1.807) is 12.1 Å². The van der Waals surface area contributed by atoms with E-state index >= 15 is 0 Å². The minimum absolute atomic E-state index is 0.0583. The fourth-order valence-electron chi connectivity index (χ4n) is 1.05. The van der Waals surface area contributed by atoms with Crippen molar-refractivity contribution in [1.29, 1.82) is 0 Å². The number of pyridine rings is 1. The fourth-order valence-corrected chi connectivity index (χ4v) is 2.86. The van der Waals surface area contributed by atoms with Gasteiger partial charge in [-0.2, -0.15) is 0 Å². The van der Waals surface area contributed by atoms with Crippen LogP contribution in [0.25, 0.3) is 0 Å². The molecular weight excluding hydrogens is 316 g/mol. The number of unbranched alkanes of at least 4 members (excludes halogenated alkanes) is 1. The first kappa shape index (κ1) is 13.7. The molecule has 1 heterocycles. The van der Waals surface area contributed by atoms with Crippen molar-refractivity contribution in [2.24, 2.45) is 0 Å². The molecule has 0 fully saturated rings. The Morgan fingerprint density at radius 1 is 1.44 bits per heavy atom. The predicted octanol–water partition coefficient (Wildman–Crippen LogP) is 2.60. The number of alkyl halides is 1. The van der Waals surface area contributed by atoms with Crippen molar-refractivity contribution in [2.75, 3.05) is 16.4 Å². The molecule has 0 amide bonds. The molecule has 0 spiro atoms. The van der Waals surface area contributed by atoms with Gasteiger partial charge in [-0.3, -0.25) is 4.72 Å². The number of nitrogens with zero attached hydrogens (tertiary/aromatic N) is 1. The van der Waals surface area contributed by atoms with Gasteiger partial charge in [0.2, 0.25) is 10.0 Å². The Hall–Kier alpha value is -0.330. The van der Waals surface area contributed by atoms with E-state index in [-0.39, 0.29) is 5.75 Å². The molecule has 0 saturated heterocycles. The molecule has 0 radical (unpaired) electrons. The first-order valence-electron chi connectivity index (χ1n) is 4.72. The zero-order valence-electron chi connectivity index (χ0n) is 8.49. The second-order valence-corrected chi connectivity index (χ2v) is 6.23. The Morgan fingerprint density at radius 2 is 2.19 bits per heavy atom. The second kappa shape index (κ2) is 6.42. The van der Waals surface area contributed by atoms with Gasteiger partial charge in [0.25, 0.3) is 0 Å². The van der Waals surface area contributed by atoms with Crippen molar-refractivity contribution >= 4 is 43.4 Å². The number of sulfonamides is 1. The van der Waals surface area contributed by atoms with Crippen LogP contribution >= 0.6 is 27.5 Å². The molecule has 0 aliphatic heterocycles. The Balaban J connectivity index is 2.63. The molecule has 1 rings (SSSR count). The minimum atomic E-state index is -3.33. The molecule has 7 heteroatoms. The lowest BCUT2D eigenvalue weighted by molar-refractivity contribution is 0.598. The van der Waals surface area contributed by atoms with E-state index in [1.807, 2.05) is 0 Å². The Kier molecular flexibility index (Phi) is 5.51. The zero-order valence-corrected chi connectivity index (χ0v) is 11.6. The van der Waals surface area contributed by atoms with Crippen LogP contribution in [0.2, 0.25) is 0 Å². The summed E-state index contributed by atoms with van der Waals surface area (Å²) in [5.74, 6) is 0.847. The van der Waals surface area contributed by atoms with Gasteiger partial charge in [0, 0.05) is 12.1 Å². The fraction of sp³-hybridized carbons (Fsp3) is 0.444. The molecule has 1 N–H and O–H groups in total. The molecule has 0 bridgehead atoms. The number of aromatic nitrogens is 1. The summed E-state index contributed by atoms with van der Waals surface area (Å²) in [5.41, 5.74) is 0. The highest BCUT2D eigenvalue weighted by Crippen LogP contribution is 2.19. The van der Waals surface area contributed by atoms with Crippen LogP contribution in [0.3, 0.4) is 0 Å². The van der Waals surface area contributed by atoms with Gasteiger partial charge in [-0.05, 0) is 40.9 Å². The van der Waals surface area contributed by atoms with Crippen LogP contribution in [0.4, 0.5) is 5.82 Å². The van der Waals surface area contributed by atoms with E-state index in [9.17, 15) is 8.42 Å². The van der Waals surface area contributed by atoms with Gasteiger partial charge in [0.05, 0.1) is 10.2 Å². The minimum Gasteiger partial charge on any atom is -0.266 e. The maximum atomic E-state index is 11.6. The van der Waals surface area contributed by atoms with Crippen LogP contribution < -0.4 is 4.72 Å². The van der Waals surface area contributed by atoms with E-state index in [2.05, 4.69) is 25.6 Å². The number of rotatable bonds is 6. The third-order valence-electron chi connectivity index (χ3n) is 1.81. The van der Waals surface area contributed by atoms with Crippen LogP contribution in [0.1, 0.15) is 12.8 Å². The summed E-state index contributed by atoms with van der Waals surface area (Å²) in [7, 11) is -3.33. The predicted molar refractivity (Wildman–Crippen MR) is 69.3 cm³/mol. The summed E-state index contributed by atoms with van der Waals surface area (Å²) in [4.78, 5) is 3.93. The Labute approximate surface area is 109 Å². The lowest BCUT2D eigenvalue weighted by Gasteiger charge is -2.07. The van der Waals surface area contributed by atoms with Gasteiger partial charge in [-0.25, -0.2) is 13.4 Å². The van der Waals surface area contributed by atoms with Crippen molar-refractivity contribution in [3.8, 4) is 0 Å². The molecule has 4 nitrogen and oxygen atoms in total. The van der Waals surface area contributed by atoms with Crippen LogP contribution in [0, 0.1) is 0 Å². The summed E-state index contributed by atoms with van der Waals surface area (Å²) in [5, 5.41) is 0. The van der Waals surface area contributed by atoms with Gasteiger partial charge >= 0.3 is 0 Å². The van der Waals surface area contributed by atoms with Crippen LogP contribution in [-0.2, 0) is 10.0 Å². The monoisotopic (exact) mass is 326 g/mol. The molecule has 1 aromatic rings. The number of nitrogens with one attached hydrogen (secondary N) is 1. The summed E-state index contributed by atoms with van der Waals surface area (Å²) in [6, 6.07) is 3.44. The number of anilines is 1. The second-order valence-electron chi connectivity index (χ2n) is 3.15. The quantitative estimate of drug-likeness (QED) is 0.645. The molecule has 0 unspecified atom stereocenters. The summed E-state index contributed by atoms with van der Waals surface area (Å²) < 4.78 is 26.3. The maximum absolute atomic E-state index is 11.6. The van der Waals surface area contributed by atoms with Crippen molar-refractivity contribution in [3.05, 3.63) is 22.8 Å². The van der Waals surface area contributed by atoms with Crippen LogP contribution in [-0.4, -0.2) is 25.0 Å². The highest BCUT2D eigenvalue weighted by molar-refractivity contribution is 9.10. The smallest absolute Gasteiger partial charge is 0.233 e. The van der Waals surface area contributed by atoms with Crippen molar-refractivity contribution in [1.82, 2.24) is 4.98 Å². The molecule has 0 aliphatic carbocycles. The summed E-state index contributed by atoms with van der Waals surface area (Å²) in [6.07, 6.45) is 2.76. The average molecular weight is 328 g/mol. The average Bonchev–Trinajstić information content (AvgIpc) is 2.21. The van der Waals surface area contributed by atoms with Crippen LogP contribution in [0.15, 0.2) is 22.8 Å². The molecule has 0 aromatic carbocycles. The number of halogens is 2. The number of hydrogen-bond donors (Lipinski definition) is 1. The first-order chi connectivity index (χ1) is 7.55. The molecule has 16 heavy (non-hydrogen) atoms. The maximum Gasteiger partial charge on any atom is 0.233 e. The van der Waals surface area contributed by atoms with Crippen molar-refractivity contribution in [2.45, 2.75) is 12.8 Å². The third-order valence-corrected chi connectivity index (χ3v) is 4.04. The lowest BCUT2D eigenvalue weighted by Crippen LogP contribution is -2.17. The van der Waals surface area contributed by atoms with E-state index in [0.29, 0.717) is 29.0 Å². The van der Waals surface area contributed by atoms with Gasteiger partial charge in [0.15, 0.2) is 5.82 Å². The lowest BCUT2D eigenvalue weighted by atomic mass is 10.4. The van der Waals surface area contributed by atoms with Gasteiger partial charge < -0.3 is 0 Å². The van der Waals surface area contributed by atoms with Crippen molar-refractivity contribution < 1.29 is 8.42 Å². The largest absolute Gasteiger partial charge is 0.266 e. The van der Waals surface area contributed by atoms with Crippen LogP contribution in [0.5, 0.6) is 0 Å². The number of hydrogen-bond acceptors (Lipinski definition) is 3. The molecule has 0 aliphatic rings. The topological polar surface area (TPSA) is 59.1 Å². The SMILES string of the molecule is O=S(=O)(CCCCCl)Nc1ncccc1Br. The molecule has 0 atom stereocenters. The molecule has 90 valence electrons. The van der Waals surface area contributed by atoms with E-state index in [1.165, 1.54) is 6.20 Å². The standard InChI is InChI=1S/C9H12BrClN2O2S/c10-8-4-3-6-12-9(8)13-16(14,15)7-2-1-5-11/h3-4,6H,1-2,5,7H2,(H,12,13). The highest BCUT2D eigenvalue weighted by Gasteiger charge is 2.12. The third kappa shape index (κ3) is 4.67. The molecule has 0 saturated carbocycles. The summed E-state index contributed by atoms with van der Waals surface area (Å²) in [6.45, 7) is 0.